The third kappa shape index (κ3) is 3.33. The molecule has 1 rings (SSSR count). The SMILES string of the molecule is C/C=C\N=C(C)C1CCC(C)CC1. The van der Waals surface area contributed by atoms with Gasteiger partial charge in [-0.15, -0.1) is 0 Å². The molecule has 1 aliphatic carbocycles. The third-order valence-corrected chi connectivity index (χ3v) is 3.03. The molecule has 0 aliphatic heterocycles. The molecule has 1 heteroatoms. The van der Waals surface area contributed by atoms with Gasteiger partial charge in [0.25, 0.3) is 0 Å². The fourth-order valence-corrected chi connectivity index (χ4v) is 1.98. The average molecular weight is 179 g/mol. The fraction of sp³-hybridized carbons (Fsp3) is 0.750. The van der Waals surface area contributed by atoms with Crippen LogP contribution < -0.4 is 0 Å². The van der Waals surface area contributed by atoms with Crippen molar-refractivity contribution in [3.8, 4) is 0 Å². The van der Waals surface area contributed by atoms with Crippen LogP contribution in [-0.4, -0.2) is 5.71 Å². The molecule has 0 unspecified atom stereocenters. The lowest BCUT2D eigenvalue weighted by molar-refractivity contribution is 0.343. The molecule has 1 nitrogen and oxygen atoms in total. The first-order valence-corrected chi connectivity index (χ1v) is 5.39. The maximum atomic E-state index is 4.43. The van der Waals surface area contributed by atoms with Gasteiger partial charge in [0, 0.05) is 11.9 Å². The molecular weight excluding hydrogens is 158 g/mol. The summed E-state index contributed by atoms with van der Waals surface area (Å²) in [6, 6.07) is 0. The molecule has 1 aliphatic rings. The van der Waals surface area contributed by atoms with Gasteiger partial charge in [-0.1, -0.05) is 25.8 Å². The highest BCUT2D eigenvalue weighted by Gasteiger charge is 2.19. The number of aliphatic imine (C=N–C) groups is 1. The van der Waals surface area contributed by atoms with E-state index in [0.717, 1.165) is 11.8 Å². The molecule has 0 amide bonds. The van der Waals surface area contributed by atoms with Gasteiger partial charge in [-0.05, 0) is 38.5 Å². The summed E-state index contributed by atoms with van der Waals surface area (Å²) in [7, 11) is 0. The lowest BCUT2D eigenvalue weighted by Gasteiger charge is -2.25. The Morgan fingerprint density at radius 1 is 1.23 bits per heavy atom. The van der Waals surface area contributed by atoms with E-state index in [0.29, 0.717) is 0 Å². The number of rotatable bonds is 2. The van der Waals surface area contributed by atoms with Crippen LogP contribution in [0.25, 0.3) is 0 Å². The van der Waals surface area contributed by atoms with Gasteiger partial charge < -0.3 is 0 Å². The van der Waals surface area contributed by atoms with Gasteiger partial charge in [0.2, 0.25) is 0 Å². The van der Waals surface area contributed by atoms with Crippen molar-refractivity contribution in [2.24, 2.45) is 16.8 Å². The van der Waals surface area contributed by atoms with Crippen molar-refractivity contribution in [3.05, 3.63) is 12.3 Å². The van der Waals surface area contributed by atoms with Crippen molar-refractivity contribution in [1.82, 2.24) is 0 Å². The minimum Gasteiger partial charge on any atom is -0.266 e. The van der Waals surface area contributed by atoms with E-state index in [4.69, 9.17) is 0 Å². The van der Waals surface area contributed by atoms with E-state index in [1.165, 1.54) is 31.4 Å². The first-order valence-electron chi connectivity index (χ1n) is 5.39. The highest BCUT2D eigenvalue weighted by atomic mass is 14.7. The molecule has 0 spiro atoms. The zero-order valence-electron chi connectivity index (χ0n) is 9.09. The summed E-state index contributed by atoms with van der Waals surface area (Å²) in [4.78, 5) is 4.43. The smallest absolute Gasteiger partial charge is 0.0224 e. The van der Waals surface area contributed by atoms with Crippen LogP contribution in [0, 0.1) is 11.8 Å². The first kappa shape index (κ1) is 10.5. The van der Waals surface area contributed by atoms with Gasteiger partial charge in [-0.3, -0.25) is 4.99 Å². The van der Waals surface area contributed by atoms with Crippen molar-refractivity contribution < 1.29 is 0 Å². The number of hydrogen-bond donors (Lipinski definition) is 0. The summed E-state index contributed by atoms with van der Waals surface area (Å²) in [5.74, 6) is 1.69. The summed E-state index contributed by atoms with van der Waals surface area (Å²) < 4.78 is 0. The van der Waals surface area contributed by atoms with E-state index in [9.17, 15) is 0 Å². The van der Waals surface area contributed by atoms with Crippen LogP contribution in [0.5, 0.6) is 0 Å². The Bertz CT molecular complexity index is 195. The molecule has 0 N–H and O–H groups in total. The minimum atomic E-state index is 0.757. The van der Waals surface area contributed by atoms with Crippen LogP contribution in [0.4, 0.5) is 0 Å². The van der Waals surface area contributed by atoms with Crippen molar-refractivity contribution in [2.75, 3.05) is 0 Å². The van der Waals surface area contributed by atoms with Crippen molar-refractivity contribution >= 4 is 5.71 Å². The van der Waals surface area contributed by atoms with Crippen LogP contribution in [0.3, 0.4) is 0 Å². The largest absolute Gasteiger partial charge is 0.266 e. The molecular formula is C12H21N. The zero-order valence-corrected chi connectivity index (χ0v) is 9.09. The highest BCUT2D eigenvalue weighted by molar-refractivity contribution is 5.84. The van der Waals surface area contributed by atoms with E-state index < -0.39 is 0 Å². The lowest BCUT2D eigenvalue weighted by Crippen LogP contribution is -2.18. The predicted octanol–water partition coefficient (Wildman–Crippen LogP) is 3.81. The molecule has 1 saturated carbocycles. The van der Waals surface area contributed by atoms with E-state index in [1.54, 1.807) is 0 Å². The number of allylic oxidation sites excluding steroid dienone is 1. The van der Waals surface area contributed by atoms with Gasteiger partial charge >= 0.3 is 0 Å². The van der Waals surface area contributed by atoms with Crippen LogP contribution >= 0.6 is 0 Å². The molecule has 0 bridgehead atoms. The van der Waals surface area contributed by atoms with Gasteiger partial charge in [-0.2, -0.15) is 0 Å². The fourth-order valence-electron chi connectivity index (χ4n) is 1.98. The Kier molecular flexibility index (Phi) is 4.20. The molecule has 0 atom stereocenters. The zero-order chi connectivity index (χ0) is 9.68. The second-order valence-corrected chi connectivity index (χ2v) is 4.21. The van der Waals surface area contributed by atoms with Gasteiger partial charge in [0.05, 0.1) is 0 Å². The first-order chi connectivity index (χ1) is 6.24. The van der Waals surface area contributed by atoms with E-state index >= 15 is 0 Å². The summed E-state index contributed by atoms with van der Waals surface area (Å²) in [5, 5.41) is 0. The maximum Gasteiger partial charge on any atom is 0.0224 e. The number of hydrogen-bond acceptors (Lipinski definition) is 1. The van der Waals surface area contributed by atoms with Crippen molar-refractivity contribution in [3.63, 3.8) is 0 Å². The second-order valence-electron chi connectivity index (χ2n) is 4.21. The normalized spacial score (nSPS) is 31.2. The van der Waals surface area contributed by atoms with Crippen LogP contribution in [0.1, 0.15) is 46.5 Å². The monoisotopic (exact) mass is 179 g/mol. The van der Waals surface area contributed by atoms with Gasteiger partial charge in [0.15, 0.2) is 0 Å². The molecule has 0 aromatic heterocycles. The molecule has 0 saturated heterocycles. The molecule has 0 aromatic carbocycles. The molecule has 1 fully saturated rings. The summed E-state index contributed by atoms with van der Waals surface area (Å²) in [5.41, 5.74) is 1.32. The standard InChI is InChI=1S/C12H21N/c1-4-9-13-11(3)12-7-5-10(2)6-8-12/h4,9-10,12H,5-8H2,1-3H3/b9-4-,13-11?. The Morgan fingerprint density at radius 3 is 2.38 bits per heavy atom. The van der Waals surface area contributed by atoms with E-state index in [2.05, 4.69) is 18.8 Å². The molecule has 0 heterocycles. The molecule has 0 aromatic rings. The van der Waals surface area contributed by atoms with Crippen LogP contribution in [0.2, 0.25) is 0 Å². The number of nitrogens with zero attached hydrogens (tertiary/aromatic N) is 1. The quantitative estimate of drug-likeness (QED) is 0.572. The molecule has 74 valence electrons. The van der Waals surface area contributed by atoms with Crippen molar-refractivity contribution in [2.45, 2.75) is 46.5 Å². The Morgan fingerprint density at radius 2 is 1.85 bits per heavy atom. The Labute approximate surface area is 82.0 Å². The third-order valence-electron chi connectivity index (χ3n) is 3.03. The topological polar surface area (TPSA) is 12.4 Å². The summed E-state index contributed by atoms with van der Waals surface area (Å²) >= 11 is 0. The van der Waals surface area contributed by atoms with Crippen LogP contribution in [-0.2, 0) is 0 Å². The maximum absolute atomic E-state index is 4.43. The predicted molar refractivity (Wildman–Crippen MR) is 59.0 cm³/mol. The highest BCUT2D eigenvalue weighted by Crippen LogP contribution is 2.29. The second kappa shape index (κ2) is 5.21. The van der Waals surface area contributed by atoms with Gasteiger partial charge in [-0.25, -0.2) is 0 Å². The molecule has 0 radical (unpaired) electrons. The summed E-state index contributed by atoms with van der Waals surface area (Å²) in [6.45, 7) is 6.54. The average Bonchev–Trinajstić information content (AvgIpc) is 2.15. The Hall–Kier alpha value is -0.590. The molecule has 13 heavy (non-hydrogen) atoms. The van der Waals surface area contributed by atoms with E-state index in [-0.39, 0.29) is 0 Å². The van der Waals surface area contributed by atoms with Crippen LogP contribution in [0.15, 0.2) is 17.3 Å². The minimum absolute atomic E-state index is 0.757. The summed E-state index contributed by atoms with van der Waals surface area (Å²) in [6.07, 6.45) is 9.35. The lowest BCUT2D eigenvalue weighted by atomic mass is 9.81. The van der Waals surface area contributed by atoms with E-state index in [1.807, 2.05) is 19.2 Å². The van der Waals surface area contributed by atoms with Crippen molar-refractivity contribution in [1.29, 1.82) is 0 Å². The Balaban J connectivity index is 2.44. The van der Waals surface area contributed by atoms with Gasteiger partial charge in [0.1, 0.15) is 0 Å².